The van der Waals surface area contributed by atoms with Crippen molar-refractivity contribution < 1.29 is 23.8 Å². The summed E-state index contributed by atoms with van der Waals surface area (Å²) < 4.78 is 16.5. The molecule has 1 amide bonds. The van der Waals surface area contributed by atoms with E-state index in [4.69, 9.17) is 25.8 Å². The maximum absolute atomic E-state index is 12.5. The van der Waals surface area contributed by atoms with E-state index in [1.165, 1.54) is 6.92 Å². The quantitative estimate of drug-likeness (QED) is 0.741. The molecule has 2 atom stereocenters. The Labute approximate surface area is 168 Å². The molecule has 1 aliphatic rings. The van der Waals surface area contributed by atoms with Gasteiger partial charge < -0.3 is 19.5 Å². The van der Waals surface area contributed by atoms with Crippen molar-refractivity contribution in [1.29, 1.82) is 0 Å². The van der Waals surface area contributed by atoms with Crippen molar-refractivity contribution in [3.63, 3.8) is 0 Å². The van der Waals surface area contributed by atoms with E-state index in [0.717, 1.165) is 5.56 Å². The number of para-hydroxylation sites is 2. The summed E-state index contributed by atoms with van der Waals surface area (Å²) >= 11 is 6.01. The number of nitrogens with one attached hydrogen (secondary N) is 1. The minimum absolute atomic E-state index is 0.203. The Balaban J connectivity index is 1.59. The van der Waals surface area contributed by atoms with E-state index < -0.39 is 23.9 Å². The number of amides is 1. The highest BCUT2D eigenvalue weighted by molar-refractivity contribution is 6.30. The molecule has 1 aliphatic heterocycles. The van der Waals surface area contributed by atoms with E-state index >= 15 is 0 Å². The predicted molar refractivity (Wildman–Crippen MR) is 106 cm³/mol. The number of halogens is 1. The van der Waals surface area contributed by atoms with Crippen molar-refractivity contribution in [3.8, 4) is 11.5 Å². The molecule has 0 saturated carbocycles. The number of hydrogen-bond acceptors (Lipinski definition) is 5. The molecule has 0 saturated heterocycles. The van der Waals surface area contributed by atoms with Crippen LogP contribution in [0.5, 0.6) is 11.5 Å². The Kier molecular flexibility index (Phi) is 6.41. The second kappa shape index (κ2) is 8.97. The van der Waals surface area contributed by atoms with Gasteiger partial charge in [-0.25, -0.2) is 0 Å². The molecule has 1 heterocycles. The number of esters is 1. The lowest BCUT2D eigenvalue weighted by Gasteiger charge is -2.25. The van der Waals surface area contributed by atoms with Crippen LogP contribution in [0.25, 0.3) is 0 Å². The summed E-state index contributed by atoms with van der Waals surface area (Å²) in [6.07, 6.45) is -0.501. The smallest absolute Gasteiger partial charge is 0.313 e. The zero-order chi connectivity index (χ0) is 20.1. The monoisotopic (exact) mass is 403 g/mol. The molecule has 0 aliphatic carbocycles. The fraction of sp³-hybridized carbons (Fsp3) is 0.333. The van der Waals surface area contributed by atoms with Gasteiger partial charge >= 0.3 is 5.97 Å². The molecule has 0 radical (unpaired) electrons. The Morgan fingerprint density at radius 1 is 1.29 bits per heavy atom. The lowest BCUT2D eigenvalue weighted by atomic mass is 9.97. The molecule has 2 aromatic carbocycles. The van der Waals surface area contributed by atoms with Gasteiger partial charge in [-0.2, -0.15) is 0 Å². The number of rotatable bonds is 6. The van der Waals surface area contributed by atoms with Crippen molar-refractivity contribution in [2.75, 3.05) is 18.5 Å². The lowest BCUT2D eigenvalue weighted by Crippen LogP contribution is -2.36. The second-order valence-electron chi connectivity index (χ2n) is 6.46. The molecule has 2 aromatic rings. The summed E-state index contributed by atoms with van der Waals surface area (Å²) in [5.41, 5.74) is 1.38. The third-order valence-electron chi connectivity index (χ3n) is 4.37. The van der Waals surface area contributed by atoms with Gasteiger partial charge in [0.05, 0.1) is 18.2 Å². The molecule has 0 aromatic heterocycles. The largest absolute Gasteiger partial charge is 0.492 e. The highest BCUT2D eigenvalue weighted by atomic mass is 35.5. The van der Waals surface area contributed by atoms with Gasteiger partial charge in [0.2, 0.25) is 0 Å². The summed E-state index contributed by atoms with van der Waals surface area (Å²) in [5, 5.41) is 3.32. The molecule has 3 rings (SSSR count). The van der Waals surface area contributed by atoms with Gasteiger partial charge in [-0.05, 0) is 56.2 Å². The second-order valence-corrected chi connectivity index (χ2v) is 6.90. The van der Waals surface area contributed by atoms with E-state index in [1.807, 2.05) is 13.0 Å². The lowest BCUT2D eigenvalue weighted by molar-refractivity contribution is -0.158. The number of carbonyl (C=O) groups is 2. The van der Waals surface area contributed by atoms with E-state index in [1.54, 1.807) is 36.4 Å². The average molecular weight is 404 g/mol. The summed E-state index contributed by atoms with van der Waals surface area (Å²) in [4.78, 5) is 24.9. The Morgan fingerprint density at radius 3 is 2.86 bits per heavy atom. The molecule has 7 heteroatoms. The van der Waals surface area contributed by atoms with Crippen molar-refractivity contribution in [2.45, 2.75) is 26.4 Å². The highest BCUT2D eigenvalue weighted by Crippen LogP contribution is 2.30. The number of ether oxygens (including phenoxy) is 3. The molecule has 0 fully saturated rings. The number of carbonyl (C=O) groups excluding carboxylic acids is 2. The van der Waals surface area contributed by atoms with Crippen molar-refractivity contribution >= 4 is 29.2 Å². The van der Waals surface area contributed by atoms with Crippen LogP contribution in [0.1, 0.15) is 19.4 Å². The third-order valence-corrected chi connectivity index (χ3v) is 4.60. The first-order valence-corrected chi connectivity index (χ1v) is 9.50. The van der Waals surface area contributed by atoms with E-state index in [2.05, 4.69) is 5.32 Å². The topological polar surface area (TPSA) is 73.9 Å². The van der Waals surface area contributed by atoms with Crippen LogP contribution in [0.4, 0.5) is 5.69 Å². The molecule has 28 heavy (non-hydrogen) atoms. The molecular formula is C21H22ClNO5. The van der Waals surface area contributed by atoms with E-state index in [-0.39, 0.29) is 6.61 Å². The van der Waals surface area contributed by atoms with Gasteiger partial charge in [-0.1, -0.05) is 23.7 Å². The van der Waals surface area contributed by atoms with Crippen LogP contribution in [0.3, 0.4) is 0 Å². The molecule has 0 bridgehead atoms. The maximum Gasteiger partial charge on any atom is 0.313 e. The first-order valence-electron chi connectivity index (χ1n) is 9.12. The minimum atomic E-state index is -0.956. The van der Waals surface area contributed by atoms with Crippen LogP contribution in [-0.4, -0.2) is 31.2 Å². The van der Waals surface area contributed by atoms with Crippen LogP contribution >= 0.6 is 11.6 Å². The first-order chi connectivity index (χ1) is 13.5. The van der Waals surface area contributed by atoms with Crippen molar-refractivity contribution in [3.05, 3.63) is 53.1 Å². The fourth-order valence-electron chi connectivity index (χ4n) is 2.92. The van der Waals surface area contributed by atoms with Crippen LogP contribution in [0.15, 0.2) is 42.5 Å². The SMILES string of the molecule is CCOc1ccccc1NC(=O)[C@H](C)OC(=O)[C@@H]1COc2ccc(Cl)cc2C1. The molecular weight excluding hydrogens is 382 g/mol. The predicted octanol–water partition coefficient (Wildman–Crippen LogP) is 3.86. The summed E-state index contributed by atoms with van der Waals surface area (Å²) in [6, 6.07) is 12.4. The zero-order valence-electron chi connectivity index (χ0n) is 15.7. The van der Waals surface area contributed by atoms with Gasteiger partial charge in [-0.15, -0.1) is 0 Å². The summed E-state index contributed by atoms with van der Waals surface area (Å²) in [5.74, 6) is -0.123. The summed E-state index contributed by atoms with van der Waals surface area (Å²) in [6.45, 7) is 4.07. The van der Waals surface area contributed by atoms with Crippen LogP contribution in [0.2, 0.25) is 5.02 Å². The van der Waals surface area contributed by atoms with E-state index in [9.17, 15) is 9.59 Å². The van der Waals surface area contributed by atoms with Gasteiger partial charge in [0.25, 0.3) is 5.91 Å². The Morgan fingerprint density at radius 2 is 2.07 bits per heavy atom. The Hall–Kier alpha value is -2.73. The number of hydrogen-bond donors (Lipinski definition) is 1. The number of benzene rings is 2. The van der Waals surface area contributed by atoms with Crippen molar-refractivity contribution in [2.24, 2.45) is 5.92 Å². The molecule has 6 nitrogen and oxygen atoms in total. The fourth-order valence-corrected chi connectivity index (χ4v) is 3.12. The minimum Gasteiger partial charge on any atom is -0.492 e. The van der Waals surface area contributed by atoms with Crippen LogP contribution in [-0.2, 0) is 20.7 Å². The third kappa shape index (κ3) is 4.75. The molecule has 0 unspecified atom stereocenters. The molecule has 0 spiro atoms. The van der Waals surface area contributed by atoms with Gasteiger partial charge in [0.15, 0.2) is 6.10 Å². The standard InChI is InChI=1S/C21H22ClNO5/c1-3-26-19-7-5-4-6-17(19)23-20(24)13(2)28-21(25)15-10-14-11-16(22)8-9-18(14)27-12-15/h4-9,11,13,15H,3,10,12H2,1-2H3,(H,23,24)/t13-,15-/m0/s1. The highest BCUT2D eigenvalue weighted by Gasteiger charge is 2.30. The molecule has 1 N–H and O–H groups in total. The van der Waals surface area contributed by atoms with Crippen LogP contribution < -0.4 is 14.8 Å². The number of fused-ring (bicyclic) bond motifs is 1. The van der Waals surface area contributed by atoms with E-state index in [0.29, 0.717) is 35.2 Å². The van der Waals surface area contributed by atoms with Gasteiger partial charge in [-0.3, -0.25) is 9.59 Å². The zero-order valence-corrected chi connectivity index (χ0v) is 16.5. The van der Waals surface area contributed by atoms with Crippen LogP contribution in [0, 0.1) is 5.92 Å². The Bertz CT molecular complexity index is 870. The average Bonchev–Trinajstić information content (AvgIpc) is 2.68. The van der Waals surface area contributed by atoms with Gasteiger partial charge in [0, 0.05) is 5.02 Å². The molecule has 148 valence electrons. The number of anilines is 1. The maximum atomic E-state index is 12.5. The van der Waals surface area contributed by atoms with Gasteiger partial charge in [0.1, 0.15) is 18.1 Å². The first kappa shape index (κ1) is 20.0. The summed E-state index contributed by atoms with van der Waals surface area (Å²) in [7, 11) is 0. The normalized spacial score (nSPS) is 16.3. The van der Waals surface area contributed by atoms with Crippen molar-refractivity contribution in [1.82, 2.24) is 0 Å².